The number of ether oxygens (including phenoxy) is 1. The Balaban J connectivity index is 1.78. The fraction of sp³-hybridized carbons (Fsp3) is 0.105. The number of rotatable bonds is 2. The molecule has 0 unspecified atom stereocenters. The number of nitrogens with zero attached hydrogens (tertiary/aromatic N) is 2. The van der Waals surface area contributed by atoms with Gasteiger partial charge in [0.05, 0.1) is 19.3 Å². The van der Waals surface area contributed by atoms with Crippen LogP contribution in [0.3, 0.4) is 0 Å². The SMILES string of the molecule is COc1ccccc1N=C(N)N1Cc2cccc3cccc1c23. The largest absolute Gasteiger partial charge is 0.494 e. The molecule has 2 N–H and O–H groups in total. The van der Waals surface area contributed by atoms with Crippen LogP contribution in [0.4, 0.5) is 11.4 Å². The molecule has 0 spiro atoms. The lowest BCUT2D eigenvalue weighted by Crippen LogP contribution is -2.34. The molecule has 0 radical (unpaired) electrons. The Morgan fingerprint density at radius 3 is 2.65 bits per heavy atom. The summed E-state index contributed by atoms with van der Waals surface area (Å²) in [6.45, 7) is 0.737. The smallest absolute Gasteiger partial charge is 0.201 e. The minimum Gasteiger partial charge on any atom is -0.494 e. The van der Waals surface area contributed by atoms with Crippen LogP contribution < -0.4 is 15.4 Å². The molecule has 0 saturated heterocycles. The first-order chi connectivity index (χ1) is 11.3. The number of guanidine groups is 1. The van der Waals surface area contributed by atoms with Gasteiger partial charge in [0.15, 0.2) is 0 Å². The molecule has 0 amide bonds. The molecule has 1 aliphatic rings. The van der Waals surface area contributed by atoms with Crippen molar-refractivity contribution in [2.45, 2.75) is 6.54 Å². The molecule has 4 rings (SSSR count). The highest BCUT2D eigenvalue weighted by atomic mass is 16.5. The maximum absolute atomic E-state index is 6.31. The van der Waals surface area contributed by atoms with E-state index in [0.717, 1.165) is 17.9 Å². The van der Waals surface area contributed by atoms with Gasteiger partial charge in [-0.2, -0.15) is 0 Å². The topological polar surface area (TPSA) is 50.9 Å². The third-order valence-electron chi connectivity index (χ3n) is 4.18. The van der Waals surface area contributed by atoms with E-state index in [1.807, 2.05) is 29.2 Å². The van der Waals surface area contributed by atoms with Crippen molar-refractivity contribution in [1.29, 1.82) is 0 Å². The Bertz CT molecular complexity index is 912. The first-order valence-corrected chi connectivity index (χ1v) is 7.53. The number of para-hydroxylation sites is 2. The molecule has 3 aromatic carbocycles. The van der Waals surface area contributed by atoms with Crippen LogP contribution in [0.25, 0.3) is 10.8 Å². The third-order valence-corrected chi connectivity index (χ3v) is 4.18. The molecule has 0 aliphatic carbocycles. The van der Waals surface area contributed by atoms with E-state index in [0.29, 0.717) is 11.7 Å². The van der Waals surface area contributed by atoms with Gasteiger partial charge in [0.2, 0.25) is 5.96 Å². The van der Waals surface area contributed by atoms with Crippen molar-refractivity contribution in [1.82, 2.24) is 0 Å². The molecule has 4 heteroatoms. The van der Waals surface area contributed by atoms with Crippen molar-refractivity contribution >= 4 is 28.1 Å². The summed E-state index contributed by atoms with van der Waals surface area (Å²) >= 11 is 0. The van der Waals surface area contributed by atoms with Gasteiger partial charge < -0.3 is 15.4 Å². The van der Waals surface area contributed by atoms with Gasteiger partial charge in [0, 0.05) is 5.39 Å². The number of anilines is 1. The summed E-state index contributed by atoms with van der Waals surface area (Å²) in [6.07, 6.45) is 0. The first-order valence-electron chi connectivity index (χ1n) is 7.53. The molecule has 0 fully saturated rings. The lowest BCUT2D eigenvalue weighted by Gasteiger charge is -2.18. The molecule has 1 aliphatic heterocycles. The highest BCUT2D eigenvalue weighted by Gasteiger charge is 2.23. The summed E-state index contributed by atoms with van der Waals surface area (Å²) in [5.41, 5.74) is 9.42. The quantitative estimate of drug-likeness (QED) is 0.578. The lowest BCUT2D eigenvalue weighted by atomic mass is 10.1. The fourth-order valence-corrected chi connectivity index (χ4v) is 3.12. The van der Waals surface area contributed by atoms with Gasteiger partial charge in [-0.25, -0.2) is 4.99 Å². The average Bonchev–Trinajstić information content (AvgIpc) is 2.97. The standard InChI is InChI=1S/C19H17N3O/c1-23-17-11-3-2-9-15(17)21-19(20)22-12-14-8-4-6-13-7-5-10-16(22)18(13)14/h2-11H,12H2,1H3,(H2,20,21). The first kappa shape index (κ1) is 13.6. The number of benzene rings is 3. The summed E-state index contributed by atoms with van der Waals surface area (Å²) in [5, 5.41) is 2.49. The minimum absolute atomic E-state index is 0.471. The number of aliphatic imine (C=N–C) groups is 1. The van der Waals surface area contributed by atoms with Crippen LogP contribution >= 0.6 is 0 Å². The van der Waals surface area contributed by atoms with Crippen LogP contribution in [0.5, 0.6) is 5.75 Å². The van der Waals surface area contributed by atoms with Crippen molar-refractivity contribution in [3.63, 3.8) is 0 Å². The lowest BCUT2D eigenvalue weighted by molar-refractivity contribution is 0.416. The molecule has 3 aromatic rings. The van der Waals surface area contributed by atoms with E-state index in [-0.39, 0.29) is 0 Å². The summed E-state index contributed by atoms with van der Waals surface area (Å²) in [6, 6.07) is 20.2. The highest BCUT2D eigenvalue weighted by molar-refractivity contribution is 6.09. The van der Waals surface area contributed by atoms with Crippen molar-refractivity contribution < 1.29 is 4.74 Å². The maximum atomic E-state index is 6.31. The highest BCUT2D eigenvalue weighted by Crippen LogP contribution is 2.37. The summed E-state index contributed by atoms with van der Waals surface area (Å²) in [4.78, 5) is 6.62. The predicted octanol–water partition coefficient (Wildman–Crippen LogP) is 3.81. The van der Waals surface area contributed by atoms with E-state index < -0.39 is 0 Å². The van der Waals surface area contributed by atoms with Gasteiger partial charge in [-0.15, -0.1) is 0 Å². The normalized spacial score (nSPS) is 13.6. The average molecular weight is 303 g/mol. The van der Waals surface area contributed by atoms with Crippen LogP contribution in [-0.2, 0) is 6.54 Å². The molecular weight excluding hydrogens is 286 g/mol. The molecule has 114 valence electrons. The second-order valence-electron chi connectivity index (χ2n) is 5.52. The Hall–Kier alpha value is -3.01. The Labute approximate surface area is 134 Å². The second kappa shape index (κ2) is 5.32. The summed E-state index contributed by atoms with van der Waals surface area (Å²) in [7, 11) is 1.64. The third kappa shape index (κ3) is 2.19. The summed E-state index contributed by atoms with van der Waals surface area (Å²) in [5.74, 6) is 1.18. The minimum atomic E-state index is 0.471. The van der Waals surface area contributed by atoms with E-state index in [2.05, 4.69) is 41.4 Å². The van der Waals surface area contributed by atoms with E-state index >= 15 is 0 Å². The molecule has 0 aromatic heterocycles. The Morgan fingerprint density at radius 1 is 1.04 bits per heavy atom. The van der Waals surface area contributed by atoms with E-state index in [1.54, 1.807) is 7.11 Å². The number of methoxy groups -OCH3 is 1. The predicted molar refractivity (Wildman–Crippen MR) is 94.4 cm³/mol. The van der Waals surface area contributed by atoms with Gasteiger partial charge in [-0.05, 0) is 29.1 Å². The molecular formula is C19H17N3O. The summed E-state index contributed by atoms with van der Waals surface area (Å²) < 4.78 is 5.35. The van der Waals surface area contributed by atoms with Crippen LogP contribution in [0.15, 0.2) is 65.7 Å². The van der Waals surface area contributed by atoms with Crippen molar-refractivity contribution in [2.24, 2.45) is 10.7 Å². The number of nitrogens with two attached hydrogens (primary N) is 1. The van der Waals surface area contributed by atoms with Crippen LogP contribution in [-0.4, -0.2) is 13.1 Å². The zero-order valence-electron chi connectivity index (χ0n) is 12.9. The van der Waals surface area contributed by atoms with Gasteiger partial charge in [-0.3, -0.25) is 0 Å². The molecule has 0 bridgehead atoms. The number of hydrogen-bond donors (Lipinski definition) is 1. The van der Waals surface area contributed by atoms with E-state index in [4.69, 9.17) is 10.5 Å². The Kier molecular flexibility index (Phi) is 3.15. The van der Waals surface area contributed by atoms with Crippen LogP contribution in [0.2, 0.25) is 0 Å². The molecule has 0 saturated carbocycles. The zero-order valence-corrected chi connectivity index (χ0v) is 12.9. The second-order valence-corrected chi connectivity index (χ2v) is 5.52. The molecule has 23 heavy (non-hydrogen) atoms. The fourth-order valence-electron chi connectivity index (χ4n) is 3.12. The monoisotopic (exact) mass is 303 g/mol. The van der Waals surface area contributed by atoms with Gasteiger partial charge >= 0.3 is 0 Å². The zero-order chi connectivity index (χ0) is 15.8. The molecule has 0 atom stereocenters. The van der Waals surface area contributed by atoms with E-state index in [9.17, 15) is 0 Å². The van der Waals surface area contributed by atoms with Crippen LogP contribution in [0, 0.1) is 0 Å². The van der Waals surface area contributed by atoms with Gasteiger partial charge in [0.1, 0.15) is 11.4 Å². The molecule has 4 nitrogen and oxygen atoms in total. The molecule has 1 heterocycles. The van der Waals surface area contributed by atoms with E-state index in [1.165, 1.54) is 16.3 Å². The van der Waals surface area contributed by atoms with Crippen molar-refractivity contribution in [3.05, 3.63) is 66.2 Å². The number of hydrogen-bond acceptors (Lipinski definition) is 2. The Morgan fingerprint density at radius 2 is 1.83 bits per heavy atom. The van der Waals surface area contributed by atoms with Gasteiger partial charge in [-0.1, -0.05) is 42.5 Å². The van der Waals surface area contributed by atoms with Gasteiger partial charge in [0.25, 0.3) is 0 Å². The van der Waals surface area contributed by atoms with Crippen molar-refractivity contribution in [3.8, 4) is 5.75 Å². The maximum Gasteiger partial charge on any atom is 0.201 e. The van der Waals surface area contributed by atoms with Crippen LogP contribution in [0.1, 0.15) is 5.56 Å². The van der Waals surface area contributed by atoms with Crippen molar-refractivity contribution in [2.75, 3.05) is 12.0 Å².